The van der Waals surface area contributed by atoms with Crippen LogP contribution in [0, 0.1) is 13.8 Å². The lowest BCUT2D eigenvalue weighted by atomic mass is 10.1. The predicted molar refractivity (Wildman–Crippen MR) is 123 cm³/mol. The van der Waals surface area contributed by atoms with Gasteiger partial charge in [-0.25, -0.2) is 4.68 Å². The summed E-state index contributed by atoms with van der Waals surface area (Å²) in [4.78, 5) is 12.9. The molecule has 0 radical (unpaired) electrons. The Labute approximate surface area is 182 Å². The number of carbonyl (C=O) groups excluding carboxylic acids is 1. The lowest BCUT2D eigenvalue weighted by Crippen LogP contribution is -2.13. The maximum absolute atomic E-state index is 12.9. The molecule has 0 spiro atoms. The van der Waals surface area contributed by atoms with Gasteiger partial charge >= 0.3 is 0 Å². The molecule has 1 atom stereocenters. The first-order chi connectivity index (χ1) is 15.0. The van der Waals surface area contributed by atoms with Crippen molar-refractivity contribution in [2.75, 3.05) is 5.32 Å². The number of rotatable bonds is 6. The van der Waals surface area contributed by atoms with E-state index >= 15 is 0 Å². The molecule has 31 heavy (non-hydrogen) atoms. The van der Waals surface area contributed by atoms with Crippen molar-refractivity contribution in [3.05, 3.63) is 107 Å². The van der Waals surface area contributed by atoms with E-state index in [1.807, 2.05) is 99.6 Å². The highest BCUT2D eigenvalue weighted by molar-refractivity contribution is 6.05. The van der Waals surface area contributed by atoms with Crippen molar-refractivity contribution < 1.29 is 9.53 Å². The maximum atomic E-state index is 12.9. The number of nitrogens with zero attached hydrogens (tertiary/aromatic N) is 2. The second-order valence-electron chi connectivity index (χ2n) is 7.51. The molecule has 4 aromatic rings. The van der Waals surface area contributed by atoms with E-state index in [2.05, 4.69) is 10.4 Å². The maximum Gasteiger partial charge on any atom is 0.259 e. The van der Waals surface area contributed by atoms with Gasteiger partial charge in [-0.3, -0.25) is 4.79 Å². The van der Waals surface area contributed by atoms with Crippen LogP contribution in [0.1, 0.15) is 40.2 Å². The topological polar surface area (TPSA) is 56.1 Å². The number of hydrogen-bond donors (Lipinski definition) is 1. The van der Waals surface area contributed by atoms with E-state index in [1.54, 1.807) is 10.9 Å². The van der Waals surface area contributed by atoms with E-state index in [1.165, 1.54) is 0 Å². The first kappa shape index (κ1) is 20.4. The Hall–Kier alpha value is -3.86. The number of aromatic nitrogens is 2. The lowest BCUT2D eigenvalue weighted by Gasteiger charge is -2.16. The molecule has 0 aliphatic heterocycles. The highest BCUT2D eigenvalue weighted by Crippen LogP contribution is 2.26. The first-order valence-corrected chi connectivity index (χ1v) is 10.3. The van der Waals surface area contributed by atoms with E-state index in [4.69, 9.17) is 4.74 Å². The smallest absolute Gasteiger partial charge is 0.259 e. The van der Waals surface area contributed by atoms with Gasteiger partial charge in [-0.1, -0.05) is 48.5 Å². The minimum Gasteiger partial charge on any atom is -0.486 e. The third kappa shape index (κ3) is 4.67. The van der Waals surface area contributed by atoms with Crippen molar-refractivity contribution in [1.29, 1.82) is 0 Å². The molecule has 1 amide bonds. The summed E-state index contributed by atoms with van der Waals surface area (Å²) in [5.41, 5.74) is 4.92. The molecule has 0 fully saturated rings. The number of aryl methyl sites for hydroxylation is 2. The molecule has 1 unspecified atom stereocenters. The van der Waals surface area contributed by atoms with Crippen LogP contribution >= 0.6 is 0 Å². The summed E-state index contributed by atoms with van der Waals surface area (Å²) in [6, 6.07) is 25.5. The third-order valence-electron chi connectivity index (χ3n) is 5.19. The van der Waals surface area contributed by atoms with Crippen molar-refractivity contribution in [2.24, 2.45) is 0 Å². The van der Waals surface area contributed by atoms with Crippen LogP contribution in [0.15, 0.2) is 85.1 Å². The number of ether oxygens (including phenoxy) is 1. The van der Waals surface area contributed by atoms with E-state index in [0.29, 0.717) is 11.3 Å². The minimum atomic E-state index is -0.186. The van der Waals surface area contributed by atoms with Crippen molar-refractivity contribution in [1.82, 2.24) is 9.78 Å². The zero-order valence-electron chi connectivity index (χ0n) is 17.9. The average Bonchev–Trinajstić information content (AvgIpc) is 3.18. The molecule has 3 aromatic carbocycles. The fourth-order valence-corrected chi connectivity index (χ4v) is 3.43. The van der Waals surface area contributed by atoms with Crippen molar-refractivity contribution in [3.63, 3.8) is 0 Å². The summed E-state index contributed by atoms with van der Waals surface area (Å²) >= 11 is 0. The van der Waals surface area contributed by atoms with Crippen LogP contribution in [0.2, 0.25) is 0 Å². The second-order valence-corrected chi connectivity index (χ2v) is 7.51. The molecule has 156 valence electrons. The van der Waals surface area contributed by atoms with E-state index in [9.17, 15) is 4.79 Å². The largest absolute Gasteiger partial charge is 0.486 e. The SMILES string of the molecule is Cc1cc(OC(C)c2ccccc2)ccc1NC(=O)c1cn(-c2ccccc2)nc1C. The van der Waals surface area contributed by atoms with E-state index in [0.717, 1.165) is 28.3 Å². The normalized spacial score (nSPS) is 11.7. The Morgan fingerprint density at radius 3 is 2.32 bits per heavy atom. The summed E-state index contributed by atoms with van der Waals surface area (Å²) in [7, 11) is 0. The predicted octanol–water partition coefficient (Wildman–Crippen LogP) is 5.88. The number of carbonyl (C=O) groups is 1. The minimum absolute atomic E-state index is 0.0625. The number of para-hydroxylation sites is 1. The summed E-state index contributed by atoms with van der Waals surface area (Å²) in [6.45, 7) is 5.81. The number of anilines is 1. The molecule has 1 N–H and O–H groups in total. The van der Waals surface area contributed by atoms with Crippen LogP contribution in [0.25, 0.3) is 5.69 Å². The van der Waals surface area contributed by atoms with Crippen LogP contribution < -0.4 is 10.1 Å². The van der Waals surface area contributed by atoms with Gasteiger partial charge in [-0.15, -0.1) is 0 Å². The van der Waals surface area contributed by atoms with Crippen molar-refractivity contribution in [2.45, 2.75) is 26.9 Å². The molecule has 5 nitrogen and oxygen atoms in total. The van der Waals surface area contributed by atoms with Crippen LogP contribution in [0.5, 0.6) is 5.75 Å². The monoisotopic (exact) mass is 411 g/mol. The van der Waals surface area contributed by atoms with Gasteiger partial charge in [-0.2, -0.15) is 5.10 Å². The average molecular weight is 412 g/mol. The second kappa shape index (κ2) is 8.88. The van der Waals surface area contributed by atoms with Gasteiger partial charge in [0.25, 0.3) is 5.91 Å². The highest BCUT2D eigenvalue weighted by atomic mass is 16.5. The van der Waals surface area contributed by atoms with Crippen LogP contribution in [0.4, 0.5) is 5.69 Å². The van der Waals surface area contributed by atoms with Crippen molar-refractivity contribution in [3.8, 4) is 11.4 Å². The molecule has 0 aliphatic rings. The molecule has 5 heteroatoms. The number of amides is 1. The Morgan fingerprint density at radius 1 is 0.968 bits per heavy atom. The third-order valence-corrected chi connectivity index (χ3v) is 5.19. The summed E-state index contributed by atoms with van der Waals surface area (Å²) in [5, 5.41) is 7.47. The fourth-order valence-electron chi connectivity index (χ4n) is 3.43. The summed E-state index contributed by atoms with van der Waals surface area (Å²) in [6.07, 6.45) is 1.70. The van der Waals surface area contributed by atoms with Gasteiger partial charge in [0, 0.05) is 11.9 Å². The molecule has 0 saturated carbocycles. The summed E-state index contributed by atoms with van der Waals surface area (Å²) < 4.78 is 7.79. The number of hydrogen-bond acceptors (Lipinski definition) is 3. The van der Waals surface area contributed by atoms with Gasteiger partial charge in [-0.05, 0) is 62.2 Å². The Balaban J connectivity index is 1.47. The lowest BCUT2D eigenvalue weighted by molar-refractivity contribution is 0.102. The first-order valence-electron chi connectivity index (χ1n) is 10.3. The van der Waals surface area contributed by atoms with Crippen LogP contribution in [-0.2, 0) is 0 Å². The molecule has 4 rings (SSSR count). The number of benzene rings is 3. The van der Waals surface area contributed by atoms with E-state index < -0.39 is 0 Å². The fraction of sp³-hybridized carbons (Fsp3) is 0.154. The molecular formula is C26H25N3O2. The van der Waals surface area contributed by atoms with E-state index in [-0.39, 0.29) is 12.0 Å². The van der Waals surface area contributed by atoms with Crippen LogP contribution in [-0.4, -0.2) is 15.7 Å². The zero-order valence-corrected chi connectivity index (χ0v) is 17.9. The molecule has 1 aromatic heterocycles. The Kier molecular flexibility index (Phi) is 5.85. The van der Waals surface area contributed by atoms with Gasteiger partial charge < -0.3 is 10.1 Å². The van der Waals surface area contributed by atoms with Crippen LogP contribution in [0.3, 0.4) is 0 Å². The van der Waals surface area contributed by atoms with Gasteiger partial charge in [0.1, 0.15) is 11.9 Å². The molecule has 0 saturated heterocycles. The molecule has 1 heterocycles. The Bertz CT molecular complexity index is 1180. The van der Waals surface area contributed by atoms with Gasteiger partial charge in [0.15, 0.2) is 0 Å². The Morgan fingerprint density at radius 2 is 1.65 bits per heavy atom. The summed E-state index contributed by atoms with van der Waals surface area (Å²) in [5.74, 6) is 0.578. The quantitative estimate of drug-likeness (QED) is 0.431. The van der Waals surface area contributed by atoms with Crippen molar-refractivity contribution >= 4 is 11.6 Å². The standard InChI is InChI=1S/C26H25N3O2/c1-18-16-23(31-20(3)21-10-6-4-7-11-21)14-15-25(18)27-26(30)24-17-29(28-19(24)2)22-12-8-5-9-13-22/h4-17,20H,1-3H3,(H,27,30). The molecular weight excluding hydrogens is 386 g/mol. The highest BCUT2D eigenvalue weighted by Gasteiger charge is 2.16. The molecule has 0 bridgehead atoms. The number of nitrogens with one attached hydrogen (secondary N) is 1. The molecule has 0 aliphatic carbocycles. The zero-order chi connectivity index (χ0) is 21.8. The van der Waals surface area contributed by atoms with Gasteiger partial charge in [0.05, 0.1) is 16.9 Å². The van der Waals surface area contributed by atoms with Gasteiger partial charge in [0.2, 0.25) is 0 Å².